The molecule has 2 aromatic rings. The normalized spacial score (nSPS) is 22.6. The summed E-state index contributed by atoms with van der Waals surface area (Å²) in [6, 6.07) is 7.45. The SMILES string of the molecule is COc1ccc(-c2nc(C3CCC(CNC(=O)C[C@H]4C=CCC4)CC3)[nH]c2C(N)=O)cc1. The molecule has 1 fully saturated rings. The Balaban J connectivity index is 1.34. The molecule has 0 aliphatic heterocycles. The lowest BCUT2D eigenvalue weighted by Crippen LogP contribution is -2.32. The lowest BCUT2D eigenvalue weighted by atomic mass is 9.81. The molecule has 2 aliphatic carbocycles. The molecule has 1 atom stereocenters. The number of methoxy groups -OCH3 is 1. The van der Waals surface area contributed by atoms with Gasteiger partial charge in [-0.2, -0.15) is 0 Å². The highest BCUT2D eigenvalue weighted by molar-refractivity contribution is 5.97. The number of rotatable bonds is 8. The second-order valence-electron chi connectivity index (χ2n) is 8.93. The Bertz CT molecular complexity index is 972. The van der Waals surface area contributed by atoms with Gasteiger partial charge < -0.3 is 20.8 Å². The highest BCUT2D eigenvalue weighted by Gasteiger charge is 2.27. The van der Waals surface area contributed by atoms with Gasteiger partial charge in [0.15, 0.2) is 0 Å². The zero-order valence-electron chi connectivity index (χ0n) is 18.6. The number of aromatic amines is 1. The predicted octanol–water partition coefficient (Wildman–Crippen LogP) is 3.93. The summed E-state index contributed by atoms with van der Waals surface area (Å²) in [7, 11) is 1.62. The molecule has 7 heteroatoms. The van der Waals surface area contributed by atoms with E-state index >= 15 is 0 Å². The molecule has 1 saturated carbocycles. The van der Waals surface area contributed by atoms with Crippen molar-refractivity contribution < 1.29 is 14.3 Å². The van der Waals surface area contributed by atoms with Crippen LogP contribution in [-0.4, -0.2) is 35.4 Å². The number of carbonyl (C=O) groups excluding carboxylic acids is 2. The first-order valence-electron chi connectivity index (χ1n) is 11.5. The second kappa shape index (κ2) is 10.0. The molecule has 1 aromatic carbocycles. The molecule has 170 valence electrons. The van der Waals surface area contributed by atoms with E-state index in [4.69, 9.17) is 15.5 Å². The highest BCUT2D eigenvalue weighted by Crippen LogP contribution is 2.36. The topological polar surface area (TPSA) is 110 Å². The molecule has 1 heterocycles. The molecule has 0 saturated heterocycles. The first kappa shape index (κ1) is 22.1. The minimum absolute atomic E-state index is 0.157. The summed E-state index contributed by atoms with van der Waals surface area (Å²) >= 11 is 0. The highest BCUT2D eigenvalue weighted by atomic mass is 16.5. The van der Waals surface area contributed by atoms with Gasteiger partial charge in [-0.05, 0) is 74.6 Å². The van der Waals surface area contributed by atoms with Crippen LogP contribution in [-0.2, 0) is 4.79 Å². The Morgan fingerprint density at radius 1 is 1.16 bits per heavy atom. The number of amides is 2. The van der Waals surface area contributed by atoms with E-state index in [-0.39, 0.29) is 11.8 Å². The monoisotopic (exact) mass is 436 g/mol. The second-order valence-corrected chi connectivity index (χ2v) is 8.93. The maximum absolute atomic E-state index is 12.2. The van der Waals surface area contributed by atoms with Crippen LogP contribution < -0.4 is 15.8 Å². The molecule has 4 rings (SSSR count). The average Bonchev–Trinajstić information content (AvgIpc) is 3.48. The van der Waals surface area contributed by atoms with E-state index in [9.17, 15) is 9.59 Å². The molecule has 2 amide bonds. The number of imidazole rings is 1. The molecule has 1 aromatic heterocycles. The third kappa shape index (κ3) is 5.21. The van der Waals surface area contributed by atoms with Crippen LogP contribution in [0.5, 0.6) is 5.75 Å². The largest absolute Gasteiger partial charge is 0.497 e. The van der Waals surface area contributed by atoms with Crippen LogP contribution in [0.2, 0.25) is 0 Å². The summed E-state index contributed by atoms with van der Waals surface area (Å²) in [5, 5.41) is 3.13. The maximum Gasteiger partial charge on any atom is 0.267 e. The Morgan fingerprint density at radius 3 is 2.53 bits per heavy atom. The smallest absolute Gasteiger partial charge is 0.267 e. The van der Waals surface area contributed by atoms with Crippen molar-refractivity contribution in [1.29, 1.82) is 0 Å². The fraction of sp³-hybridized carbons (Fsp3) is 0.480. The van der Waals surface area contributed by atoms with Crippen molar-refractivity contribution in [2.75, 3.05) is 13.7 Å². The van der Waals surface area contributed by atoms with E-state index < -0.39 is 5.91 Å². The minimum Gasteiger partial charge on any atom is -0.497 e. The molecule has 0 unspecified atom stereocenters. The first-order chi connectivity index (χ1) is 15.5. The van der Waals surface area contributed by atoms with E-state index in [0.29, 0.717) is 29.6 Å². The van der Waals surface area contributed by atoms with Crippen LogP contribution in [0.25, 0.3) is 11.3 Å². The van der Waals surface area contributed by atoms with Gasteiger partial charge in [0.2, 0.25) is 5.91 Å². The van der Waals surface area contributed by atoms with Gasteiger partial charge in [-0.1, -0.05) is 12.2 Å². The van der Waals surface area contributed by atoms with E-state index in [1.807, 2.05) is 24.3 Å². The molecule has 0 bridgehead atoms. The van der Waals surface area contributed by atoms with E-state index in [1.54, 1.807) is 7.11 Å². The number of nitrogens with one attached hydrogen (secondary N) is 2. The van der Waals surface area contributed by atoms with Gasteiger partial charge in [-0.15, -0.1) is 0 Å². The van der Waals surface area contributed by atoms with Gasteiger partial charge in [-0.25, -0.2) is 4.98 Å². The van der Waals surface area contributed by atoms with Crippen LogP contribution in [0.3, 0.4) is 0 Å². The van der Waals surface area contributed by atoms with Crippen LogP contribution in [0, 0.1) is 11.8 Å². The number of primary amides is 1. The van der Waals surface area contributed by atoms with Crippen molar-refractivity contribution in [3.63, 3.8) is 0 Å². The van der Waals surface area contributed by atoms with Gasteiger partial charge in [0.25, 0.3) is 5.91 Å². The zero-order valence-corrected chi connectivity index (χ0v) is 18.6. The number of benzene rings is 1. The van der Waals surface area contributed by atoms with E-state index in [1.165, 1.54) is 0 Å². The lowest BCUT2D eigenvalue weighted by molar-refractivity contribution is -0.121. The molecule has 4 N–H and O–H groups in total. The molecule has 7 nitrogen and oxygen atoms in total. The molecular weight excluding hydrogens is 404 g/mol. The predicted molar refractivity (Wildman–Crippen MR) is 123 cm³/mol. The van der Waals surface area contributed by atoms with Crippen LogP contribution in [0.1, 0.15) is 67.2 Å². The summed E-state index contributed by atoms with van der Waals surface area (Å²) in [6.07, 6.45) is 11.1. The molecule has 2 aliphatic rings. The zero-order chi connectivity index (χ0) is 22.5. The Kier molecular flexibility index (Phi) is 6.93. The number of aromatic nitrogens is 2. The van der Waals surface area contributed by atoms with Gasteiger partial charge in [0.1, 0.15) is 23.0 Å². The quantitative estimate of drug-likeness (QED) is 0.545. The lowest BCUT2D eigenvalue weighted by Gasteiger charge is -2.27. The Morgan fingerprint density at radius 2 is 1.91 bits per heavy atom. The molecular formula is C25H32N4O3. The summed E-state index contributed by atoms with van der Waals surface area (Å²) in [5.74, 6) is 2.36. The number of ether oxygens (including phenoxy) is 1. The maximum atomic E-state index is 12.2. The summed E-state index contributed by atoms with van der Waals surface area (Å²) < 4.78 is 5.21. The summed E-state index contributed by atoms with van der Waals surface area (Å²) in [6.45, 7) is 0.740. The van der Waals surface area contributed by atoms with Crippen LogP contribution in [0.15, 0.2) is 36.4 Å². The number of hydrogen-bond acceptors (Lipinski definition) is 4. The number of carbonyl (C=O) groups is 2. The van der Waals surface area contributed by atoms with E-state index in [2.05, 4.69) is 22.5 Å². The van der Waals surface area contributed by atoms with Gasteiger partial charge in [0.05, 0.1) is 7.11 Å². The molecule has 0 spiro atoms. The molecule has 32 heavy (non-hydrogen) atoms. The average molecular weight is 437 g/mol. The fourth-order valence-electron chi connectivity index (χ4n) is 4.79. The number of nitrogens with two attached hydrogens (primary N) is 1. The number of allylic oxidation sites excluding steroid dienone is 2. The number of nitrogens with zero attached hydrogens (tertiary/aromatic N) is 1. The minimum atomic E-state index is -0.511. The van der Waals surface area contributed by atoms with Gasteiger partial charge in [0, 0.05) is 24.4 Å². The fourth-order valence-corrected chi connectivity index (χ4v) is 4.79. The van der Waals surface area contributed by atoms with Crippen LogP contribution >= 0.6 is 0 Å². The number of hydrogen-bond donors (Lipinski definition) is 3. The van der Waals surface area contributed by atoms with E-state index in [0.717, 1.165) is 62.2 Å². The van der Waals surface area contributed by atoms with Gasteiger partial charge >= 0.3 is 0 Å². The first-order valence-corrected chi connectivity index (χ1v) is 11.5. The standard InChI is InChI=1S/C25H32N4O3/c1-32-20-12-10-18(11-13-20)22-23(24(26)31)29-25(28-22)19-8-6-17(7-9-19)15-27-21(30)14-16-4-2-3-5-16/h2,4,10-13,16-17,19H,3,5-9,14-15H2,1H3,(H2,26,31)(H,27,30)(H,28,29)/t16-,17?,19?/m0/s1. The van der Waals surface area contributed by atoms with Crippen molar-refractivity contribution in [3.8, 4) is 17.0 Å². The van der Waals surface area contributed by atoms with Crippen molar-refractivity contribution in [1.82, 2.24) is 15.3 Å². The van der Waals surface area contributed by atoms with Crippen molar-refractivity contribution >= 4 is 11.8 Å². The van der Waals surface area contributed by atoms with Crippen molar-refractivity contribution in [2.45, 2.75) is 50.9 Å². The van der Waals surface area contributed by atoms with Crippen molar-refractivity contribution in [3.05, 3.63) is 47.9 Å². The summed E-state index contributed by atoms with van der Waals surface area (Å²) in [5.41, 5.74) is 7.39. The van der Waals surface area contributed by atoms with Gasteiger partial charge in [-0.3, -0.25) is 9.59 Å². The third-order valence-corrected chi connectivity index (χ3v) is 6.71. The molecule has 0 radical (unpaired) electrons. The van der Waals surface area contributed by atoms with Crippen molar-refractivity contribution in [2.24, 2.45) is 17.6 Å². The Labute approximate surface area is 188 Å². The van der Waals surface area contributed by atoms with Crippen LogP contribution in [0.4, 0.5) is 0 Å². The number of H-pyrrole nitrogens is 1. The summed E-state index contributed by atoms with van der Waals surface area (Å²) in [4.78, 5) is 32.2. The Hall–Kier alpha value is -3.09. The third-order valence-electron chi connectivity index (χ3n) is 6.71.